The van der Waals surface area contributed by atoms with Gasteiger partial charge >= 0.3 is 0 Å². The molecule has 1 aromatic carbocycles. The van der Waals surface area contributed by atoms with Gasteiger partial charge in [0.1, 0.15) is 0 Å². The van der Waals surface area contributed by atoms with E-state index >= 15 is 0 Å². The Morgan fingerprint density at radius 2 is 2.09 bits per heavy atom. The second kappa shape index (κ2) is 7.39. The molecule has 1 aromatic heterocycles. The predicted molar refractivity (Wildman–Crippen MR) is 91.6 cm³/mol. The van der Waals surface area contributed by atoms with Gasteiger partial charge < -0.3 is 0 Å². The fraction of sp³-hybridized carbons (Fsp3) is 0.308. The van der Waals surface area contributed by atoms with Gasteiger partial charge in [-0.05, 0) is 24.0 Å². The molecule has 0 spiro atoms. The largest absolute Gasteiger partial charge is 0.296 e. The van der Waals surface area contributed by atoms with Crippen LogP contribution in [0.1, 0.15) is 17.3 Å². The highest BCUT2D eigenvalue weighted by Gasteiger charge is 2.19. The highest BCUT2D eigenvalue weighted by molar-refractivity contribution is 8.01. The zero-order valence-electron chi connectivity index (χ0n) is 12.8. The van der Waals surface area contributed by atoms with Crippen LogP contribution in [-0.4, -0.2) is 48.7 Å². The SMILES string of the molecule is CCSc1nnc(NC(=O)c2cccc(S(=O)(=O)N(C)C)c2)s1. The van der Waals surface area contributed by atoms with Gasteiger partial charge in [-0.3, -0.25) is 10.1 Å². The maximum Gasteiger partial charge on any atom is 0.257 e. The molecule has 23 heavy (non-hydrogen) atoms. The molecule has 2 rings (SSSR count). The van der Waals surface area contributed by atoms with Gasteiger partial charge in [0, 0.05) is 19.7 Å². The van der Waals surface area contributed by atoms with Crippen LogP contribution in [0.5, 0.6) is 0 Å². The zero-order chi connectivity index (χ0) is 17.0. The molecule has 1 N–H and O–H groups in total. The van der Waals surface area contributed by atoms with Crippen LogP contribution in [0.15, 0.2) is 33.5 Å². The first-order valence-corrected chi connectivity index (χ1v) is 9.89. The summed E-state index contributed by atoms with van der Waals surface area (Å²) in [5, 5.41) is 10.8. The summed E-state index contributed by atoms with van der Waals surface area (Å²) in [4.78, 5) is 12.3. The van der Waals surface area contributed by atoms with Crippen molar-refractivity contribution in [1.82, 2.24) is 14.5 Å². The molecule has 0 saturated heterocycles. The van der Waals surface area contributed by atoms with Crippen molar-refractivity contribution in [2.75, 3.05) is 25.2 Å². The van der Waals surface area contributed by atoms with Crippen LogP contribution in [0.2, 0.25) is 0 Å². The van der Waals surface area contributed by atoms with E-state index in [0.29, 0.717) is 5.13 Å². The van der Waals surface area contributed by atoms with Gasteiger partial charge in [-0.15, -0.1) is 10.2 Å². The second-order valence-electron chi connectivity index (χ2n) is 4.58. The van der Waals surface area contributed by atoms with Crippen molar-refractivity contribution < 1.29 is 13.2 Å². The summed E-state index contributed by atoms with van der Waals surface area (Å²) in [5.41, 5.74) is 0.243. The summed E-state index contributed by atoms with van der Waals surface area (Å²) >= 11 is 2.81. The van der Waals surface area contributed by atoms with Crippen LogP contribution >= 0.6 is 23.1 Å². The minimum absolute atomic E-state index is 0.0645. The second-order valence-corrected chi connectivity index (χ2v) is 9.22. The number of nitrogens with one attached hydrogen (secondary N) is 1. The standard InChI is InChI=1S/C13H16N4O3S3/c1-4-21-13-16-15-12(22-13)14-11(18)9-6-5-7-10(8-9)23(19,20)17(2)3/h5-8H,4H2,1-3H3,(H,14,15,18). The van der Waals surface area contributed by atoms with Crippen LogP contribution < -0.4 is 5.32 Å². The maximum absolute atomic E-state index is 12.2. The van der Waals surface area contributed by atoms with Crippen molar-refractivity contribution >= 4 is 44.2 Å². The van der Waals surface area contributed by atoms with Crippen molar-refractivity contribution in [3.05, 3.63) is 29.8 Å². The first-order valence-electron chi connectivity index (χ1n) is 6.65. The Balaban J connectivity index is 2.19. The van der Waals surface area contributed by atoms with E-state index < -0.39 is 15.9 Å². The average molecular weight is 372 g/mol. The molecular formula is C13H16N4O3S3. The number of amides is 1. The van der Waals surface area contributed by atoms with Gasteiger partial charge in [-0.25, -0.2) is 12.7 Å². The highest BCUT2D eigenvalue weighted by atomic mass is 32.2. The van der Waals surface area contributed by atoms with Crippen LogP contribution in [-0.2, 0) is 10.0 Å². The van der Waals surface area contributed by atoms with E-state index in [1.165, 1.54) is 55.4 Å². The molecule has 0 saturated carbocycles. The minimum Gasteiger partial charge on any atom is -0.296 e. The number of rotatable bonds is 6. The molecule has 0 radical (unpaired) electrons. The lowest BCUT2D eigenvalue weighted by Gasteiger charge is -2.12. The Morgan fingerprint density at radius 3 is 2.74 bits per heavy atom. The number of hydrogen-bond donors (Lipinski definition) is 1. The topological polar surface area (TPSA) is 92.3 Å². The third-order valence-corrected chi connectivity index (χ3v) is 6.43. The molecular weight excluding hydrogens is 356 g/mol. The molecule has 0 aliphatic heterocycles. The van der Waals surface area contributed by atoms with E-state index in [4.69, 9.17) is 0 Å². The van der Waals surface area contributed by atoms with E-state index in [2.05, 4.69) is 15.5 Å². The van der Waals surface area contributed by atoms with Crippen LogP contribution in [0.4, 0.5) is 5.13 Å². The monoisotopic (exact) mass is 372 g/mol. The van der Waals surface area contributed by atoms with E-state index in [-0.39, 0.29) is 10.5 Å². The number of sulfonamides is 1. The highest BCUT2D eigenvalue weighted by Crippen LogP contribution is 2.25. The lowest BCUT2D eigenvalue weighted by Crippen LogP contribution is -2.22. The third-order valence-electron chi connectivity index (χ3n) is 2.77. The molecule has 0 bridgehead atoms. The first kappa shape index (κ1) is 17.9. The Kier molecular flexibility index (Phi) is 5.74. The normalized spacial score (nSPS) is 11.7. The minimum atomic E-state index is -3.58. The third kappa shape index (κ3) is 4.28. The molecule has 10 heteroatoms. The molecule has 1 amide bonds. The predicted octanol–water partition coefficient (Wildman–Crippen LogP) is 2.15. The summed E-state index contributed by atoms with van der Waals surface area (Å²) in [6.07, 6.45) is 0. The van der Waals surface area contributed by atoms with Gasteiger partial charge in [-0.2, -0.15) is 0 Å². The number of benzene rings is 1. The quantitative estimate of drug-likeness (QED) is 0.617. The summed E-state index contributed by atoms with van der Waals surface area (Å²) < 4.78 is 26.1. The van der Waals surface area contributed by atoms with Gasteiger partial charge in [0.25, 0.3) is 5.91 Å². The zero-order valence-corrected chi connectivity index (χ0v) is 15.3. The molecule has 0 fully saturated rings. The van der Waals surface area contributed by atoms with Gasteiger partial charge in [0.15, 0.2) is 4.34 Å². The molecule has 0 unspecified atom stereocenters. The molecule has 0 atom stereocenters. The molecule has 1 heterocycles. The van der Waals surface area contributed by atoms with Gasteiger partial charge in [0.2, 0.25) is 15.2 Å². The summed E-state index contributed by atoms with van der Waals surface area (Å²) in [5.74, 6) is 0.442. The maximum atomic E-state index is 12.2. The van der Waals surface area contributed by atoms with E-state index in [1.807, 2.05) is 6.92 Å². The smallest absolute Gasteiger partial charge is 0.257 e. The molecule has 124 valence electrons. The number of carbonyl (C=O) groups excluding carboxylic acids is 1. The molecule has 0 aliphatic rings. The van der Waals surface area contributed by atoms with Crippen LogP contribution in [0.3, 0.4) is 0 Å². The number of thioether (sulfide) groups is 1. The number of nitrogens with zero attached hydrogens (tertiary/aromatic N) is 3. The van der Waals surface area contributed by atoms with E-state index in [0.717, 1.165) is 14.4 Å². The van der Waals surface area contributed by atoms with Crippen LogP contribution in [0.25, 0.3) is 0 Å². The van der Waals surface area contributed by atoms with Crippen molar-refractivity contribution in [3.8, 4) is 0 Å². The van der Waals surface area contributed by atoms with Gasteiger partial charge in [-0.1, -0.05) is 36.1 Å². The number of hydrogen-bond acceptors (Lipinski definition) is 7. The summed E-state index contributed by atoms with van der Waals surface area (Å²) in [6, 6.07) is 5.87. The number of anilines is 1. The van der Waals surface area contributed by atoms with E-state index in [1.54, 1.807) is 6.07 Å². The fourth-order valence-corrected chi connectivity index (χ4v) is 4.21. The lowest BCUT2D eigenvalue weighted by atomic mass is 10.2. The molecule has 7 nitrogen and oxygen atoms in total. The van der Waals surface area contributed by atoms with Crippen molar-refractivity contribution in [1.29, 1.82) is 0 Å². The number of aromatic nitrogens is 2. The fourth-order valence-electron chi connectivity index (χ4n) is 1.62. The Hall–Kier alpha value is -1.49. The molecule has 2 aromatic rings. The summed E-state index contributed by atoms with van der Waals surface area (Å²) in [7, 11) is -0.703. The first-order chi connectivity index (χ1) is 10.8. The van der Waals surface area contributed by atoms with Crippen molar-refractivity contribution in [2.24, 2.45) is 0 Å². The summed E-state index contributed by atoms with van der Waals surface area (Å²) in [6.45, 7) is 2.00. The number of carbonyl (C=O) groups is 1. The van der Waals surface area contributed by atoms with Crippen molar-refractivity contribution in [3.63, 3.8) is 0 Å². The molecule has 0 aliphatic carbocycles. The Bertz CT molecular complexity index is 802. The lowest BCUT2D eigenvalue weighted by molar-refractivity contribution is 0.102. The van der Waals surface area contributed by atoms with Crippen molar-refractivity contribution in [2.45, 2.75) is 16.2 Å². The Labute approximate surface area is 143 Å². The van der Waals surface area contributed by atoms with Crippen LogP contribution in [0, 0.1) is 0 Å². The Morgan fingerprint density at radius 1 is 1.35 bits per heavy atom. The average Bonchev–Trinajstić information content (AvgIpc) is 2.94. The van der Waals surface area contributed by atoms with E-state index in [9.17, 15) is 13.2 Å². The van der Waals surface area contributed by atoms with Gasteiger partial charge in [0.05, 0.1) is 4.90 Å².